The van der Waals surface area contributed by atoms with E-state index in [1.807, 2.05) is 0 Å². The van der Waals surface area contributed by atoms with Crippen molar-refractivity contribution in [1.29, 1.82) is 0 Å². The number of nitrogens with zero attached hydrogens (tertiary/aromatic N) is 1. The number of ketones is 1. The van der Waals surface area contributed by atoms with E-state index in [0.717, 1.165) is 11.8 Å². The first-order valence-electron chi connectivity index (χ1n) is 8.35. The highest BCUT2D eigenvalue weighted by atomic mass is 19.1. The van der Waals surface area contributed by atoms with Gasteiger partial charge in [0.1, 0.15) is 17.4 Å². The fourth-order valence-corrected chi connectivity index (χ4v) is 2.71. The molecule has 0 bridgehead atoms. The van der Waals surface area contributed by atoms with Crippen LogP contribution in [0.3, 0.4) is 0 Å². The molecule has 0 spiro atoms. The Morgan fingerprint density at radius 1 is 1.07 bits per heavy atom. The monoisotopic (exact) mass is 381 g/mol. The summed E-state index contributed by atoms with van der Waals surface area (Å²) in [5, 5.41) is 6.02. The van der Waals surface area contributed by atoms with Crippen molar-refractivity contribution < 1.29 is 23.3 Å². The summed E-state index contributed by atoms with van der Waals surface area (Å²) in [6.07, 6.45) is 1.18. The van der Waals surface area contributed by atoms with Crippen molar-refractivity contribution in [2.75, 3.05) is 0 Å². The Morgan fingerprint density at radius 2 is 1.75 bits per heavy atom. The number of carbonyl (C=O) groups excluding carboxylic acids is 3. The molecular formula is C20H16FN3O4. The molecule has 0 saturated heterocycles. The summed E-state index contributed by atoms with van der Waals surface area (Å²) in [7, 11) is 0. The first-order chi connectivity index (χ1) is 13.5. The van der Waals surface area contributed by atoms with Crippen LogP contribution in [0.2, 0.25) is 0 Å². The van der Waals surface area contributed by atoms with Crippen molar-refractivity contribution in [3.8, 4) is 11.3 Å². The summed E-state index contributed by atoms with van der Waals surface area (Å²) >= 11 is 0. The van der Waals surface area contributed by atoms with Gasteiger partial charge in [-0.05, 0) is 17.7 Å². The number of amides is 2. The summed E-state index contributed by atoms with van der Waals surface area (Å²) in [6, 6.07) is 13.4. The Labute approximate surface area is 159 Å². The number of benzene rings is 2. The lowest BCUT2D eigenvalue weighted by Crippen LogP contribution is -2.47. The minimum atomic E-state index is -1.18. The van der Waals surface area contributed by atoms with E-state index >= 15 is 0 Å². The fraction of sp³-hybridized carbons (Fsp3) is 0.100. The van der Waals surface area contributed by atoms with Crippen LogP contribution in [0.5, 0.6) is 0 Å². The molecular weight excluding hydrogens is 365 g/mol. The highest BCUT2D eigenvalue weighted by Crippen LogP contribution is 2.26. The number of primary amides is 1. The molecule has 2 amide bonds. The van der Waals surface area contributed by atoms with Gasteiger partial charge in [-0.1, -0.05) is 47.6 Å². The van der Waals surface area contributed by atoms with Crippen LogP contribution in [0, 0.1) is 5.82 Å². The Balaban J connectivity index is 1.87. The largest absolute Gasteiger partial charge is 0.363 e. The van der Waals surface area contributed by atoms with Crippen LogP contribution >= 0.6 is 0 Å². The van der Waals surface area contributed by atoms with Gasteiger partial charge in [0.25, 0.3) is 11.8 Å². The van der Waals surface area contributed by atoms with E-state index in [4.69, 9.17) is 10.3 Å². The summed E-state index contributed by atoms with van der Waals surface area (Å²) in [5.41, 5.74) is 5.81. The van der Waals surface area contributed by atoms with Gasteiger partial charge in [-0.15, -0.1) is 0 Å². The first-order valence-corrected chi connectivity index (χ1v) is 8.35. The molecule has 0 fully saturated rings. The highest BCUT2D eigenvalue weighted by Gasteiger charge is 2.28. The second-order valence-electron chi connectivity index (χ2n) is 5.99. The minimum Gasteiger partial charge on any atom is -0.363 e. The predicted molar refractivity (Wildman–Crippen MR) is 97.5 cm³/mol. The summed E-state index contributed by atoms with van der Waals surface area (Å²) in [6.45, 7) is 0. The molecule has 28 heavy (non-hydrogen) atoms. The predicted octanol–water partition coefficient (Wildman–Crippen LogP) is 1.88. The normalized spacial score (nSPS) is 11.6. The zero-order valence-corrected chi connectivity index (χ0v) is 14.6. The van der Waals surface area contributed by atoms with Gasteiger partial charge in [-0.25, -0.2) is 4.39 Å². The number of rotatable bonds is 7. The molecule has 3 N–H and O–H groups in total. The lowest BCUT2D eigenvalue weighted by molar-refractivity contribution is -0.137. The van der Waals surface area contributed by atoms with Crippen molar-refractivity contribution in [2.45, 2.75) is 12.5 Å². The van der Waals surface area contributed by atoms with Crippen LogP contribution in [-0.4, -0.2) is 28.8 Å². The average Bonchev–Trinajstić information content (AvgIpc) is 3.17. The number of nitrogens with one attached hydrogen (secondary N) is 1. The molecule has 0 radical (unpaired) electrons. The minimum absolute atomic E-state index is 0.0472. The molecule has 8 heteroatoms. The number of aromatic nitrogens is 1. The van der Waals surface area contributed by atoms with Gasteiger partial charge >= 0.3 is 0 Å². The summed E-state index contributed by atoms with van der Waals surface area (Å²) in [4.78, 5) is 36.2. The van der Waals surface area contributed by atoms with Crippen molar-refractivity contribution in [3.05, 3.63) is 77.7 Å². The van der Waals surface area contributed by atoms with Gasteiger partial charge in [-0.2, -0.15) is 0 Å². The van der Waals surface area contributed by atoms with Crippen molar-refractivity contribution in [3.63, 3.8) is 0 Å². The van der Waals surface area contributed by atoms with Gasteiger partial charge < -0.3 is 15.6 Å². The second kappa shape index (κ2) is 8.26. The molecule has 3 rings (SSSR count). The smallest absolute Gasteiger partial charge is 0.287 e. The van der Waals surface area contributed by atoms with E-state index in [9.17, 15) is 18.8 Å². The van der Waals surface area contributed by atoms with Crippen molar-refractivity contribution >= 4 is 17.6 Å². The van der Waals surface area contributed by atoms with Gasteiger partial charge in [0.15, 0.2) is 5.76 Å². The van der Waals surface area contributed by atoms with Crippen molar-refractivity contribution in [1.82, 2.24) is 10.5 Å². The van der Waals surface area contributed by atoms with E-state index in [1.54, 1.807) is 36.4 Å². The molecule has 0 saturated carbocycles. The van der Waals surface area contributed by atoms with Crippen LogP contribution < -0.4 is 11.1 Å². The molecule has 0 aliphatic carbocycles. The number of nitrogens with two attached hydrogens (primary N) is 1. The zero-order chi connectivity index (χ0) is 20.1. The Morgan fingerprint density at radius 3 is 2.43 bits per heavy atom. The maximum atomic E-state index is 14.0. The molecule has 3 aromatic rings. The molecule has 1 atom stereocenters. The number of carbonyl (C=O) groups is 3. The number of Topliss-reactive ketones (excluding diaryl/α,β-unsaturated/α-hetero) is 1. The Kier molecular flexibility index (Phi) is 5.59. The van der Waals surface area contributed by atoms with Crippen LogP contribution in [0.15, 0.2) is 65.3 Å². The highest BCUT2D eigenvalue weighted by molar-refractivity contribution is 6.38. The van der Waals surface area contributed by atoms with E-state index in [-0.39, 0.29) is 23.3 Å². The number of halogens is 1. The lowest BCUT2D eigenvalue weighted by atomic mass is 10.0. The molecule has 0 aliphatic rings. The van der Waals surface area contributed by atoms with Crippen LogP contribution in [0.4, 0.5) is 4.39 Å². The van der Waals surface area contributed by atoms with Gasteiger partial charge in [0.2, 0.25) is 5.78 Å². The van der Waals surface area contributed by atoms with Crippen LogP contribution in [-0.2, 0) is 16.0 Å². The molecule has 1 unspecified atom stereocenters. The van der Waals surface area contributed by atoms with Crippen molar-refractivity contribution in [2.24, 2.45) is 5.73 Å². The van der Waals surface area contributed by atoms with Gasteiger partial charge in [0.05, 0.1) is 11.8 Å². The van der Waals surface area contributed by atoms with E-state index < -0.39 is 29.5 Å². The third-order valence-corrected chi connectivity index (χ3v) is 4.08. The number of hydrogen-bond donors (Lipinski definition) is 2. The maximum absolute atomic E-state index is 14.0. The summed E-state index contributed by atoms with van der Waals surface area (Å²) < 4.78 is 19.1. The van der Waals surface area contributed by atoms with Gasteiger partial charge in [0, 0.05) is 6.42 Å². The van der Waals surface area contributed by atoms with Crippen LogP contribution in [0.25, 0.3) is 11.3 Å². The molecule has 2 aromatic carbocycles. The molecule has 142 valence electrons. The molecule has 1 heterocycles. The second-order valence-corrected chi connectivity index (χ2v) is 5.99. The zero-order valence-electron chi connectivity index (χ0n) is 14.6. The standard InChI is InChI=1S/C20H16FN3O4/c21-15-9-5-4-8-13(15)18-14(11-23-28-18)20(27)24-16(17(25)19(22)26)10-12-6-2-1-3-7-12/h1-9,11,16H,10H2,(H2,22,26)(H,24,27). The Bertz CT molecular complexity index is 1020. The maximum Gasteiger partial charge on any atom is 0.287 e. The van der Waals surface area contributed by atoms with Gasteiger partial charge in [-0.3, -0.25) is 14.4 Å². The quantitative estimate of drug-likeness (QED) is 0.606. The van der Waals surface area contributed by atoms with E-state index in [2.05, 4.69) is 10.5 Å². The number of hydrogen-bond acceptors (Lipinski definition) is 5. The van der Waals surface area contributed by atoms with Crippen LogP contribution in [0.1, 0.15) is 15.9 Å². The van der Waals surface area contributed by atoms with E-state index in [1.165, 1.54) is 18.2 Å². The molecule has 1 aromatic heterocycles. The fourth-order valence-electron chi connectivity index (χ4n) is 2.71. The van der Waals surface area contributed by atoms with E-state index in [0.29, 0.717) is 0 Å². The SMILES string of the molecule is NC(=O)C(=O)C(Cc1ccccc1)NC(=O)c1cnoc1-c1ccccc1F. The summed E-state index contributed by atoms with van der Waals surface area (Å²) in [5.74, 6) is -3.53. The third-order valence-electron chi connectivity index (χ3n) is 4.08. The molecule has 7 nitrogen and oxygen atoms in total. The Hall–Kier alpha value is -3.81. The molecule has 0 aliphatic heterocycles. The first kappa shape index (κ1) is 19.0. The lowest BCUT2D eigenvalue weighted by Gasteiger charge is -2.16. The average molecular weight is 381 g/mol. The topological polar surface area (TPSA) is 115 Å². The third kappa shape index (κ3) is 4.12.